The Morgan fingerprint density at radius 3 is 2.32 bits per heavy atom. The molecule has 10 heteroatoms. The molecular weight excluding hydrogens is 555 g/mol. The van der Waals surface area contributed by atoms with Crippen molar-refractivity contribution < 1.29 is 14.7 Å². The van der Waals surface area contributed by atoms with Crippen molar-refractivity contribution in [3.05, 3.63) is 112 Å². The second-order valence-corrected chi connectivity index (χ2v) is 12.3. The molecule has 0 saturated carbocycles. The summed E-state index contributed by atoms with van der Waals surface area (Å²) < 4.78 is 2.54. The van der Waals surface area contributed by atoms with E-state index in [1.165, 1.54) is 33.6 Å². The van der Waals surface area contributed by atoms with Crippen LogP contribution in [-0.4, -0.2) is 36.4 Å². The smallest absolute Gasteiger partial charge is 0.301 e. The van der Waals surface area contributed by atoms with Gasteiger partial charge in [0, 0.05) is 11.9 Å². The predicted octanol–water partition coefficient (Wildman–Crippen LogP) is 6.34. The van der Waals surface area contributed by atoms with Crippen molar-refractivity contribution in [2.75, 3.05) is 4.90 Å². The number of hydrogen-bond acceptors (Lipinski definition) is 8. The van der Waals surface area contributed by atoms with E-state index in [4.69, 9.17) is 0 Å². The average molecular weight is 582 g/mol. The van der Waals surface area contributed by atoms with E-state index >= 15 is 0 Å². The van der Waals surface area contributed by atoms with Gasteiger partial charge < -0.3 is 9.51 Å². The molecule has 6 rings (SSSR count). The monoisotopic (exact) mass is 581 g/mol. The molecule has 1 saturated heterocycles. The fourth-order valence-electron chi connectivity index (χ4n) is 4.96. The highest BCUT2D eigenvalue weighted by Crippen LogP contribution is 2.44. The van der Waals surface area contributed by atoms with Crippen molar-refractivity contribution in [3.63, 3.8) is 0 Å². The second kappa shape index (κ2) is 10.6. The Bertz CT molecular complexity index is 1840. The number of pyridine rings is 1. The van der Waals surface area contributed by atoms with Crippen LogP contribution in [0.5, 0.6) is 0 Å². The van der Waals surface area contributed by atoms with Gasteiger partial charge in [-0.15, -0.1) is 10.2 Å². The molecule has 5 aromatic rings. The molecule has 1 amide bonds. The molecule has 1 N–H and O–H groups in total. The molecule has 206 valence electrons. The first kappa shape index (κ1) is 26.9. The van der Waals surface area contributed by atoms with E-state index in [9.17, 15) is 14.7 Å². The molecule has 1 unspecified atom stereocenters. The van der Waals surface area contributed by atoms with Gasteiger partial charge in [-0.1, -0.05) is 88.8 Å². The number of carbonyl (C=O) groups excluding carboxylic acids is 2. The summed E-state index contributed by atoms with van der Waals surface area (Å²) in [6.07, 6.45) is 1.86. The number of anilines is 1. The summed E-state index contributed by atoms with van der Waals surface area (Å²) in [5.41, 5.74) is 6.56. The topological polar surface area (TPSA) is 101 Å². The molecule has 0 aliphatic carbocycles. The number of fused-ring (bicyclic) bond motifs is 1. The molecule has 0 spiro atoms. The van der Waals surface area contributed by atoms with Crippen LogP contribution in [-0.2, 0) is 15.3 Å². The summed E-state index contributed by atoms with van der Waals surface area (Å²) in [5, 5.41) is 20.5. The minimum atomic E-state index is -0.885. The normalized spacial score (nSPS) is 16.7. The SMILES string of the molecule is Cc1ccc(CSc2nnc(N3C(=O)C(=O)C(=C(O)c4nc5c(C)cccn5c4C)C3c3ccc(C)cc3)s2)cc1. The van der Waals surface area contributed by atoms with Crippen LogP contribution in [0.2, 0.25) is 0 Å². The first-order chi connectivity index (χ1) is 19.7. The fourth-order valence-corrected chi connectivity index (χ4v) is 6.78. The van der Waals surface area contributed by atoms with Crippen LogP contribution in [0.25, 0.3) is 11.4 Å². The number of hydrogen-bond donors (Lipinski definition) is 1. The summed E-state index contributed by atoms with van der Waals surface area (Å²) in [6.45, 7) is 7.77. The predicted molar refractivity (Wildman–Crippen MR) is 161 cm³/mol. The minimum Gasteiger partial charge on any atom is -0.505 e. The van der Waals surface area contributed by atoms with Gasteiger partial charge in [0.15, 0.2) is 10.1 Å². The number of rotatable bonds is 6. The molecule has 4 heterocycles. The highest BCUT2D eigenvalue weighted by atomic mass is 32.2. The van der Waals surface area contributed by atoms with Crippen LogP contribution in [0.4, 0.5) is 5.13 Å². The number of aryl methyl sites for hydroxylation is 4. The van der Waals surface area contributed by atoms with Crippen molar-refractivity contribution in [3.8, 4) is 0 Å². The van der Waals surface area contributed by atoms with Crippen LogP contribution >= 0.6 is 23.1 Å². The number of aliphatic hydroxyl groups excluding tert-OH is 1. The lowest BCUT2D eigenvalue weighted by atomic mass is 9.96. The van der Waals surface area contributed by atoms with Crippen molar-refractivity contribution in [2.24, 2.45) is 0 Å². The first-order valence-corrected chi connectivity index (χ1v) is 14.9. The van der Waals surface area contributed by atoms with Crippen LogP contribution in [0.1, 0.15) is 45.2 Å². The molecule has 41 heavy (non-hydrogen) atoms. The third kappa shape index (κ3) is 4.83. The molecule has 1 atom stereocenters. The fraction of sp³-hybridized carbons (Fsp3) is 0.194. The van der Waals surface area contributed by atoms with Gasteiger partial charge in [0.1, 0.15) is 11.3 Å². The molecule has 0 radical (unpaired) electrons. The number of benzene rings is 2. The zero-order valence-corrected chi connectivity index (χ0v) is 24.6. The minimum absolute atomic E-state index is 0.0212. The van der Waals surface area contributed by atoms with Gasteiger partial charge in [0.2, 0.25) is 5.13 Å². The molecule has 2 aromatic carbocycles. The number of carbonyl (C=O) groups is 2. The molecule has 1 aliphatic rings. The summed E-state index contributed by atoms with van der Waals surface area (Å²) in [6, 6.07) is 18.8. The maximum absolute atomic E-state index is 13.6. The molecule has 3 aromatic heterocycles. The first-order valence-electron chi connectivity index (χ1n) is 13.1. The Balaban J connectivity index is 1.43. The number of ketones is 1. The Hall–Kier alpha value is -4.28. The van der Waals surface area contributed by atoms with Crippen molar-refractivity contribution in [1.29, 1.82) is 0 Å². The maximum atomic E-state index is 13.6. The van der Waals surface area contributed by atoms with Gasteiger partial charge in [-0.3, -0.25) is 14.5 Å². The van der Waals surface area contributed by atoms with E-state index in [-0.39, 0.29) is 17.0 Å². The lowest BCUT2D eigenvalue weighted by molar-refractivity contribution is -0.132. The van der Waals surface area contributed by atoms with Gasteiger partial charge in [-0.05, 0) is 50.5 Å². The van der Waals surface area contributed by atoms with Gasteiger partial charge in [0.25, 0.3) is 5.78 Å². The number of aliphatic hydroxyl groups is 1. The van der Waals surface area contributed by atoms with E-state index in [1.54, 1.807) is 0 Å². The Labute approximate surface area is 245 Å². The van der Waals surface area contributed by atoms with Gasteiger partial charge in [-0.25, -0.2) is 4.98 Å². The summed E-state index contributed by atoms with van der Waals surface area (Å²) in [7, 11) is 0. The summed E-state index contributed by atoms with van der Waals surface area (Å²) >= 11 is 2.77. The summed E-state index contributed by atoms with van der Waals surface area (Å²) in [4.78, 5) is 33.2. The average Bonchev–Trinajstić information content (AvgIpc) is 3.64. The molecule has 1 fully saturated rings. The molecule has 0 bridgehead atoms. The number of aromatic nitrogens is 4. The zero-order chi connectivity index (χ0) is 28.8. The highest BCUT2D eigenvalue weighted by molar-refractivity contribution is 8.00. The Morgan fingerprint density at radius 1 is 0.951 bits per heavy atom. The third-order valence-corrected chi connectivity index (χ3v) is 9.36. The number of Topliss-reactive ketones (excluding diaryl/α,β-unsaturated/α-hetero) is 1. The van der Waals surface area contributed by atoms with Crippen molar-refractivity contribution >= 4 is 51.3 Å². The van der Waals surface area contributed by atoms with Crippen LogP contribution in [0.3, 0.4) is 0 Å². The van der Waals surface area contributed by atoms with Crippen LogP contribution in [0.15, 0.2) is 76.8 Å². The zero-order valence-electron chi connectivity index (χ0n) is 23.0. The number of imidazole rings is 1. The second-order valence-electron chi connectivity index (χ2n) is 10.1. The van der Waals surface area contributed by atoms with Crippen LogP contribution in [0, 0.1) is 27.7 Å². The van der Waals surface area contributed by atoms with E-state index in [0.29, 0.717) is 32.1 Å². The van der Waals surface area contributed by atoms with Gasteiger partial charge in [0.05, 0.1) is 17.3 Å². The highest BCUT2D eigenvalue weighted by Gasteiger charge is 2.48. The number of amides is 1. The van der Waals surface area contributed by atoms with Gasteiger partial charge in [-0.2, -0.15) is 0 Å². The lowest BCUT2D eigenvalue weighted by Crippen LogP contribution is -2.29. The number of thioether (sulfide) groups is 1. The standard InChI is InChI=1S/C31H27N5O3S2/c1-17-7-11-21(12-8-17)16-40-31-34-33-30(41-31)36-25(22-13-9-18(2)10-14-22)23(27(38)29(36)39)26(37)24-20(4)35-15-5-6-19(3)28(35)32-24/h5-15,25,37H,16H2,1-4H3. The summed E-state index contributed by atoms with van der Waals surface area (Å²) in [5.74, 6) is -1.16. The van der Waals surface area contributed by atoms with E-state index in [0.717, 1.165) is 16.7 Å². The Kier molecular flexibility index (Phi) is 6.96. The van der Waals surface area contributed by atoms with E-state index < -0.39 is 17.7 Å². The molecule has 1 aliphatic heterocycles. The van der Waals surface area contributed by atoms with Gasteiger partial charge >= 0.3 is 5.91 Å². The molecule has 8 nitrogen and oxygen atoms in total. The maximum Gasteiger partial charge on any atom is 0.301 e. The largest absolute Gasteiger partial charge is 0.505 e. The van der Waals surface area contributed by atoms with Crippen LogP contribution < -0.4 is 4.90 Å². The van der Waals surface area contributed by atoms with Crippen molar-refractivity contribution in [1.82, 2.24) is 19.6 Å². The van der Waals surface area contributed by atoms with Crippen molar-refractivity contribution in [2.45, 2.75) is 43.8 Å². The Morgan fingerprint density at radius 2 is 1.63 bits per heavy atom. The lowest BCUT2D eigenvalue weighted by Gasteiger charge is -2.22. The van der Waals surface area contributed by atoms with E-state index in [1.807, 2.05) is 74.7 Å². The molecular formula is C31H27N5O3S2. The van der Waals surface area contributed by atoms with E-state index in [2.05, 4.69) is 39.4 Å². The quantitative estimate of drug-likeness (QED) is 0.0821. The third-order valence-electron chi connectivity index (χ3n) is 7.23. The number of nitrogens with zero attached hydrogens (tertiary/aromatic N) is 5.